The minimum atomic E-state index is -3.20. The standard InChI is InChI=1S/C18H27NO5S/c1-13-10-19(17(20)24-18(2,3)4)11-14(13)12-23-15-6-8-16(9-7-15)25(5,21)22/h6-9,13-14H,10-12H2,1-5H3/t13-,14+/m1/s1. The van der Waals surface area contributed by atoms with Gasteiger partial charge in [-0.3, -0.25) is 0 Å². The van der Waals surface area contributed by atoms with Crippen LogP contribution in [0.4, 0.5) is 4.79 Å². The number of rotatable bonds is 4. The summed E-state index contributed by atoms with van der Waals surface area (Å²) in [6.07, 6.45) is 0.883. The number of sulfone groups is 1. The smallest absolute Gasteiger partial charge is 0.410 e. The van der Waals surface area contributed by atoms with Gasteiger partial charge in [0.1, 0.15) is 11.4 Å². The lowest BCUT2D eigenvalue weighted by atomic mass is 9.99. The molecular formula is C18H27NO5S. The zero-order chi connectivity index (χ0) is 18.8. The second-order valence-electron chi connectivity index (χ2n) is 7.68. The van der Waals surface area contributed by atoms with Gasteiger partial charge in [0.25, 0.3) is 0 Å². The van der Waals surface area contributed by atoms with Crippen molar-refractivity contribution < 1.29 is 22.7 Å². The summed E-state index contributed by atoms with van der Waals surface area (Å²) in [6, 6.07) is 6.38. The second-order valence-corrected chi connectivity index (χ2v) is 9.69. The predicted octanol–water partition coefficient (Wildman–Crippen LogP) is 2.97. The fourth-order valence-electron chi connectivity index (χ4n) is 2.71. The van der Waals surface area contributed by atoms with Crippen LogP contribution in [0.25, 0.3) is 0 Å². The largest absolute Gasteiger partial charge is 0.493 e. The third kappa shape index (κ3) is 5.63. The Hall–Kier alpha value is -1.76. The van der Waals surface area contributed by atoms with Crippen molar-refractivity contribution in [2.75, 3.05) is 26.0 Å². The van der Waals surface area contributed by atoms with Crippen LogP contribution >= 0.6 is 0 Å². The van der Waals surface area contributed by atoms with Crippen molar-refractivity contribution in [2.45, 2.75) is 38.2 Å². The summed E-state index contributed by atoms with van der Waals surface area (Å²) < 4.78 is 34.1. The molecule has 0 N–H and O–H groups in total. The van der Waals surface area contributed by atoms with Gasteiger partial charge in [-0.1, -0.05) is 6.92 Å². The van der Waals surface area contributed by atoms with Crippen molar-refractivity contribution in [2.24, 2.45) is 11.8 Å². The maximum Gasteiger partial charge on any atom is 0.410 e. The first-order valence-corrected chi connectivity index (χ1v) is 10.3. The lowest BCUT2D eigenvalue weighted by Crippen LogP contribution is -2.35. The maximum atomic E-state index is 12.2. The highest BCUT2D eigenvalue weighted by Gasteiger charge is 2.35. The number of likely N-dealkylation sites (tertiary alicyclic amines) is 1. The van der Waals surface area contributed by atoms with Crippen LogP contribution in [0.2, 0.25) is 0 Å². The summed E-state index contributed by atoms with van der Waals surface area (Å²) in [4.78, 5) is 14.2. The van der Waals surface area contributed by atoms with E-state index in [9.17, 15) is 13.2 Å². The Labute approximate surface area is 150 Å². The van der Waals surface area contributed by atoms with E-state index in [2.05, 4.69) is 6.92 Å². The van der Waals surface area contributed by atoms with E-state index in [1.165, 1.54) is 18.4 Å². The Kier molecular flexibility index (Phi) is 5.66. The molecule has 0 unspecified atom stereocenters. The number of hydrogen-bond acceptors (Lipinski definition) is 5. The maximum absolute atomic E-state index is 12.2. The van der Waals surface area contributed by atoms with Gasteiger partial charge >= 0.3 is 6.09 Å². The Bertz CT molecular complexity index is 706. The molecule has 0 radical (unpaired) electrons. The molecule has 2 atom stereocenters. The van der Waals surface area contributed by atoms with E-state index in [-0.39, 0.29) is 16.9 Å². The van der Waals surface area contributed by atoms with Gasteiger partial charge in [0.15, 0.2) is 9.84 Å². The number of ether oxygens (including phenoxy) is 2. The Morgan fingerprint density at radius 3 is 2.32 bits per heavy atom. The molecule has 1 fully saturated rings. The van der Waals surface area contributed by atoms with Gasteiger partial charge in [-0.05, 0) is 51.0 Å². The van der Waals surface area contributed by atoms with Gasteiger partial charge in [-0.15, -0.1) is 0 Å². The Morgan fingerprint density at radius 2 is 1.80 bits per heavy atom. The Morgan fingerprint density at radius 1 is 1.20 bits per heavy atom. The van der Waals surface area contributed by atoms with Crippen LogP contribution in [0.1, 0.15) is 27.7 Å². The number of benzene rings is 1. The molecule has 0 saturated carbocycles. The zero-order valence-corrected chi connectivity index (χ0v) is 16.3. The number of carbonyl (C=O) groups excluding carboxylic acids is 1. The summed E-state index contributed by atoms with van der Waals surface area (Å²) in [5.74, 6) is 1.14. The van der Waals surface area contributed by atoms with Crippen molar-refractivity contribution in [1.82, 2.24) is 4.90 Å². The third-order valence-electron chi connectivity index (χ3n) is 4.14. The molecule has 0 spiro atoms. The average molecular weight is 369 g/mol. The van der Waals surface area contributed by atoms with Gasteiger partial charge < -0.3 is 14.4 Å². The highest BCUT2D eigenvalue weighted by atomic mass is 32.2. The summed E-state index contributed by atoms with van der Waals surface area (Å²) in [5.41, 5.74) is -0.504. The number of nitrogens with zero attached hydrogens (tertiary/aromatic N) is 1. The van der Waals surface area contributed by atoms with E-state index in [0.29, 0.717) is 31.4 Å². The molecule has 2 rings (SSSR count). The second kappa shape index (κ2) is 7.23. The van der Waals surface area contributed by atoms with Gasteiger partial charge in [0, 0.05) is 25.3 Å². The van der Waals surface area contributed by atoms with E-state index in [4.69, 9.17) is 9.47 Å². The van der Waals surface area contributed by atoms with Crippen molar-refractivity contribution >= 4 is 15.9 Å². The number of hydrogen-bond donors (Lipinski definition) is 0. The normalized spacial score (nSPS) is 21.2. The summed E-state index contributed by atoms with van der Waals surface area (Å²) in [7, 11) is -3.20. The molecule has 1 aliphatic rings. The first-order valence-electron chi connectivity index (χ1n) is 8.36. The fraction of sp³-hybridized carbons (Fsp3) is 0.611. The van der Waals surface area contributed by atoms with E-state index in [1.54, 1.807) is 17.0 Å². The van der Waals surface area contributed by atoms with Gasteiger partial charge in [0.2, 0.25) is 0 Å². The predicted molar refractivity (Wildman–Crippen MR) is 95.5 cm³/mol. The first-order chi connectivity index (χ1) is 11.5. The monoisotopic (exact) mass is 369 g/mol. The molecule has 0 aromatic heterocycles. The van der Waals surface area contributed by atoms with Crippen LogP contribution in [-0.2, 0) is 14.6 Å². The first kappa shape index (κ1) is 19.6. The minimum absolute atomic E-state index is 0.210. The minimum Gasteiger partial charge on any atom is -0.493 e. The van der Waals surface area contributed by atoms with Crippen molar-refractivity contribution in [3.05, 3.63) is 24.3 Å². The molecule has 1 heterocycles. The average Bonchev–Trinajstić information content (AvgIpc) is 2.84. The van der Waals surface area contributed by atoms with Crippen molar-refractivity contribution in [1.29, 1.82) is 0 Å². The molecular weight excluding hydrogens is 342 g/mol. The van der Waals surface area contributed by atoms with Crippen LogP contribution in [0.3, 0.4) is 0 Å². The number of carbonyl (C=O) groups is 1. The van der Waals surface area contributed by atoms with E-state index in [1.807, 2.05) is 20.8 Å². The fourth-order valence-corrected chi connectivity index (χ4v) is 3.34. The van der Waals surface area contributed by atoms with Crippen LogP contribution < -0.4 is 4.74 Å². The summed E-state index contributed by atoms with van der Waals surface area (Å²) in [5, 5.41) is 0. The third-order valence-corrected chi connectivity index (χ3v) is 5.26. The van der Waals surface area contributed by atoms with Crippen molar-refractivity contribution in [3.63, 3.8) is 0 Å². The van der Waals surface area contributed by atoms with E-state index in [0.717, 1.165) is 0 Å². The zero-order valence-electron chi connectivity index (χ0n) is 15.5. The lowest BCUT2D eigenvalue weighted by Gasteiger charge is -2.24. The molecule has 0 bridgehead atoms. The Balaban J connectivity index is 1.90. The quantitative estimate of drug-likeness (QED) is 0.816. The molecule has 1 aliphatic heterocycles. The SMILES string of the molecule is C[C@@H]1CN(C(=O)OC(C)(C)C)C[C@H]1COc1ccc(S(C)(=O)=O)cc1. The van der Waals surface area contributed by atoms with Gasteiger partial charge in [0.05, 0.1) is 11.5 Å². The molecule has 1 amide bonds. The van der Waals surface area contributed by atoms with Crippen LogP contribution in [0.15, 0.2) is 29.2 Å². The summed E-state index contributed by atoms with van der Waals surface area (Å²) in [6.45, 7) is 9.36. The molecule has 25 heavy (non-hydrogen) atoms. The molecule has 6 nitrogen and oxygen atoms in total. The molecule has 1 aromatic carbocycles. The molecule has 140 valence electrons. The van der Waals surface area contributed by atoms with Gasteiger partial charge in [-0.2, -0.15) is 0 Å². The van der Waals surface area contributed by atoms with Crippen molar-refractivity contribution in [3.8, 4) is 5.75 Å². The summed E-state index contributed by atoms with van der Waals surface area (Å²) >= 11 is 0. The van der Waals surface area contributed by atoms with Crippen LogP contribution in [0, 0.1) is 11.8 Å². The number of amides is 1. The highest BCUT2D eigenvalue weighted by Crippen LogP contribution is 2.26. The molecule has 1 aromatic rings. The highest BCUT2D eigenvalue weighted by molar-refractivity contribution is 7.90. The van der Waals surface area contributed by atoms with Gasteiger partial charge in [-0.25, -0.2) is 13.2 Å². The lowest BCUT2D eigenvalue weighted by molar-refractivity contribution is 0.0282. The topological polar surface area (TPSA) is 72.9 Å². The van der Waals surface area contributed by atoms with E-state index < -0.39 is 15.4 Å². The van der Waals surface area contributed by atoms with Crippen LogP contribution in [-0.4, -0.2) is 51.0 Å². The molecule has 0 aliphatic carbocycles. The molecule has 7 heteroatoms. The molecule has 1 saturated heterocycles. The van der Waals surface area contributed by atoms with E-state index >= 15 is 0 Å². The van der Waals surface area contributed by atoms with Crippen LogP contribution in [0.5, 0.6) is 5.75 Å².